The molecule has 0 aliphatic carbocycles. The van der Waals surface area contributed by atoms with E-state index < -0.39 is 0 Å². The molecular weight excluding hydrogens is 506 g/mol. The number of imidazole rings is 1. The summed E-state index contributed by atoms with van der Waals surface area (Å²) in [5, 5.41) is 12.4. The monoisotopic (exact) mass is 537 g/mol. The first kappa shape index (κ1) is 25.4. The highest BCUT2D eigenvalue weighted by Crippen LogP contribution is 2.38. The number of aromatic nitrogens is 6. The van der Waals surface area contributed by atoms with Crippen LogP contribution in [-0.4, -0.2) is 66.7 Å². The molecule has 5 aromatic rings. The number of fused-ring (bicyclic) bond motifs is 2. The summed E-state index contributed by atoms with van der Waals surface area (Å²) in [5.41, 5.74) is 2.57. The van der Waals surface area contributed by atoms with Crippen molar-refractivity contribution in [3.05, 3.63) is 73.0 Å². The Balaban J connectivity index is 1.43. The number of nitrogens with one attached hydrogen (secondary N) is 2. The minimum Gasteiger partial charge on any atom is -0.454 e. The van der Waals surface area contributed by atoms with Crippen molar-refractivity contribution in [2.75, 3.05) is 36.4 Å². The molecule has 11 heteroatoms. The zero-order valence-corrected chi connectivity index (χ0v) is 22.8. The summed E-state index contributed by atoms with van der Waals surface area (Å²) in [5.74, 6) is 3.41. The van der Waals surface area contributed by atoms with Gasteiger partial charge in [-0.05, 0) is 43.7 Å². The van der Waals surface area contributed by atoms with Gasteiger partial charge in [-0.2, -0.15) is 10.1 Å². The smallest absolute Gasteiger partial charge is 0.246 e. The van der Waals surface area contributed by atoms with Crippen molar-refractivity contribution in [1.29, 1.82) is 0 Å². The molecule has 1 unspecified atom stereocenters. The fourth-order valence-electron chi connectivity index (χ4n) is 5.16. The molecular formula is C29H31N9O2. The number of benzene rings is 2. The maximum atomic E-state index is 12.2. The summed E-state index contributed by atoms with van der Waals surface area (Å²) in [6.45, 7) is 10.1. The SMILES string of the molecule is C=CC(=O)N1CCN(c2nc(NC(C)c3nccn3C)nc3c(Oc4c(C)ccc5[nH]ncc45)cccc23)CC1. The number of aromatic amines is 1. The first-order valence-corrected chi connectivity index (χ1v) is 13.2. The Hall–Kier alpha value is -4.93. The molecule has 6 rings (SSSR count). The predicted octanol–water partition coefficient (Wildman–Crippen LogP) is 4.35. The van der Waals surface area contributed by atoms with Crippen LogP contribution >= 0.6 is 0 Å². The van der Waals surface area contributed by atoms with E-state index in [9.17, 15) is 4.79 Å². The average molecular weight is 538 g/mol. The van der Waals surface area contributed by atoms with Crippen LogP contribution < -0.4 is 15.0 Å². The molecule has 1 atom stereocenters. The largest absolute Gasteiger partial charge is 0.454 e. The van der Waals surface area contributed by atoms with Crippen molar-refractivity contribution in [2.24, 2.45) is 7.05 Å². The van der Waals surface area contributed by atoms with Gasteiger partial charge < -0.3 is 24.4 Å². The van der Waals surface area contributed by atoms with E-state index in [4.69, 9.17) is 14.7 Å². The zero-order valence-electron chi connectivity index (χ0n) is 22.8. The summed E-state index contributed by atoms with van der Waals surface area (Å²) in [7, 11) is 1.96. The van der Waals surface area contributed by atoms with E-state index in [0.29, 0.717) is 43.4 Å². The number of hydrogen-bond donors (Lipinski definition) is 2. The average Bonchev–Trinajstić information content (AvgIpc) is 3.63. The van der Waals surface area contributed by atoms with Crippen LogP contribution in [0.4, 0.5) is 11.8 Å². The van der Waals surface area contributed by atoms with Gasteiger partial charge in [0.25, 0.3) is 0 Å². The summed E-state index contributed by atoms with van der Waals surface area (Å²) in [6, 6.07) is 9.75. The third-order valence-electron chi connectivity index (χ3n) is 7.31. The number of amides is 1. The Kier molecular flexibility index (Phi) is 6.54. The third kappa shape index (κ3) is 4.59. The van der Waals surface area contributed by atoms with Crippen molar-refractivity contribution in [1.82, 2.24) is 34.6 Å². The highest BCUT2D eigenvalue weighted by atomic mass is 16.5. The van der Waals surface area contributed by atoms with Crippen molar-refractivity contribution in [3.63, 3.8) is 0 Å². The molecule has 1 fully saturated rings. The Morgan fingerprint density at radius 1 is 1.15 bits per heavy atom. The molecule has 11 nitrogen and oxygen atoms in total. The Morgan fingerprint density at radius 3 is 2.73 bits per heavy atom. The molecule has 1 saturated heterocycles. The van der Waals surface area contributed by atoms with Gasteiger partial charge in [-0.25, -0.2) is 9.97 Å². The van der Waals surface area contributed by atoms with Gasteiger partial charge in [0.15, 0.2) is 5.75 Å². The highest BCUT2D eigenvalue weighted by Gasteiger charge is 2.24. The van der Waals surface area contributed by atoms with Crippen molar-refractivity contribution in [3.8, 4) is 11.5 Å². The van der Waals surface area contributed by atoms with E-state index in [2.05, 4.69) is 32.0 Å². The Labute approximate surface area is 231 Å². The zero-order chi connectivity index (χ0) is 27.8. The lowest BCUT2D eigenvalue weighted by molar-refractivity contribution is -0.126. The van der Waals surface area contributed by atoms with E-state index in [-0.39, 0.29) is 11.9 Å². The number of piperazine rings is 1. The fourth-order valence-corrected chi connectivity index (χ4v) is 5.16. The Bertz CT molecular complexity index is 1720. The predicted molar refractivity (Wildman–Crippen MR) is 155 cm³/mol. The summed E-state index contributed by atoms with van der Waals surface area (Å²) >= 11 is 0. The van der Waals surface area contributed by atoms with Gasteiger partial charge >= 0.3 is 0 Å². The van der Waals surface area contributed by atoms with Gasteiger partial charge in [0.1, 0.15) is 22.9 Å². The number of hydrogen-bond acceptors (Lipinski definition) is 8. The van der Waals surface area contributed by atoms with Crippen molar-refractivity contribution < 1.29 is 9.53 Å². The number of anilines is 2. The molecule has 1 amide bonds. The molecule has 1 aliphatic heterocycles. The number of nitrogens with zero attached hydrogens (tertiary/aromatic N) is 7. The Morgan fingerprint density at radius 2 is 1.98 bits per heavy atom. The molecule has 0 radical (unpaired) electrons. The number of rotatable bonds is 7. The van der Waals surface area contributed by atoms with Gasteiger partial charge in [0.05, 0.1) is 23.1 Å². The van der Waals surface area contributed by atoms with Crippen LogP contribution in [0.3, 0.4) is 0 Å². The van der Waals surface area contributed by atoms with E-state index in [1.807, 2.05) is 62.0 Å². The maximum absolute atomic E-state index is 12.2. The van der Waals surface area contributed by atoms with Gasteiger partial charge in [-0.3, -0.25) is 9.89 Å². The van der Waals surface area contributed by atoms with Crippen LogP contribution in [-0.2, 0) is 11.8 Å². The van der Waals surface area contributed by atoms with Gasteiger partial charge in [0.2, 0.25) is 11.9 Å². The lowest BCUT2D eigenvalue weighted by Gasteiger charge is -2.35. The molecule has 4 heterocycles. The van der Waals surface area contributed by atoms with E-state index in [1.165, 1.54) is 6.08 Å². The summed E-state index contributed by atoms with van der Waals surface area (Å²) in [4.78, 5) is 30.6. The standard InChI is InChI=1S/C29H31N9O2/c1-5-24(39)37-13-15-38(16-14-37)28-20-7-6-8-23(40-26-18(2)9-10-22-21(26)17-31-35-22)25(20)33-29(34-28)32-19(3)27-30-11-12-36(27)4/h5-12,17,19H,1,13-16H2,2-4H3,(H,31,35)(H,32,33,34). The lowest BCUT2D eigenvalue weighted by Crippen LogP contribution is -2.48. The fraction of sp³-hybridized carbons (Fsp3) is 0.276. The lowest BCUT2D eigenvalue weighted by atomic mass is 10.1. The number of carbonyl (C=O) groups is 1. The minimum absolute atomic E-state index is 0.0575. The van der Waals surface area contributed by atoms with Gasteiger partial charge in [-0.1, -0.05) is 18.7 Å². The van der Waals surface area contributed by atoms with E-state index >= 15 is 0 Å². The van der Waals surface area contributed by atoms with Crippen LogP contribution in [0.5, 0.6) is 11.5 Å². The number of carbonyl (C=O) groups excluding carboxylic acids is 1. The van der Waals surface area contributed by atoms with Crippen LogP contribution in [0, 0.1) is 6.92 Å². The quantitative estimate of drug-likeness (QED) is 0.294. The summed E-state index contributed by atoms with van der Waals surface area (Å²) < 4.78 is 8.54. The molecule has 0 bridgehead atoms. The highest BCUT2D eigenvalue weighted by molar-refractivity contribution is 5.95. The second-order valence-corrected chi connectivity index (χ2v) is 9.95. The third-order valence-corrected chi connectivity index (χ3v) is 7.31. The van der Waals surface area contributed by atoms with Gasteiger partial charge in [-0.15, -0.1) is 0 Å². The van der Waals surface area contributed by atoms with Crippen LogP contribution in [0.2, 0.25) is 0 Å². The van der Waals surface area contributed by atoms with Crippen molar-refractivity contribution in [2.45, 2.75) is 19.9 Å². The van der Waals surface area contributed by atoms with Crippen molar-refractivity contribution >= 4 is 39.5 Å². The molecule has 40 heavy (non-hydrogen) atoms. The van der Waals surface area contributed by atoms with Crippen LogP contribution in [0.25, 0.3) is 21.8 Å². The van der Waals surface area contributed by atoms with E-state index in [0.717, 1.165) is 39.2 Å². The first-order chi connectivity index (χ1) is 19.4. The maximum Gasteiger partial charge on any atom is 0.246 e. The minimum atomic E-state index is -0.137. The number of H-pyrrole nitrogens is 1. The topological polar surface area (TPSA) is 117 Å². The number of ether oxygens (including phenoxy) is 1. The number of aryl methyl sites for hydroxylation is 2. The molecule has 3 aromatic heterocycles. The van der Waals surface area contributed by atoms with Gasteiger partial charge in [0, 0.05) is 51.0 Å². The summed E-state index contributed by atoms with van der Waals surface area (Å²) in [6.07, 6.45) is 6.82. The first-order valence-electron chi connectivity index (χ1n) is 13.2. The molecule has 204 valence electrons. The van der Waals surface area contributed by atoms with Crippen LogP contribution in [0.1, 0.15) is 24.4 Å². The number of para-hydroxylation sites is 1. The molecule has 2 aromatic carbocycles. The molecule has 0 saturated carbocycles. The second kappa shape index (κ2) is 10.3. The molecule has 0 spiro atoms. The van der Waals surface area contributed by atoms with Crippen LogP contribution in [0.15, 0.2) is 61.6 Å². The normalized spacial score (nSPS) is 14.5. The molecule has 2 N–H and O–H groups in total. The van der Waals surface area contributed by atoms with E-state index in [1.54, 1.807) is 17.3 Å². The molecule has 1 aliphatic rings. The second-order valence-electron chi connectivity index (χ2n) is 9.95.